The first-order valence-corrected chi connectivity index (χ1v) is 8.81. The van der Waals surface area contributed by atoms with Crippen LogP contribution >= 0.6 is 0 Å². The van der Waals surface area contributed by atoms with E-state index in [1.54, 1.807) is 49.1 Å². The van der Waals surface area contributed by atoms with Crippen LogP contribution < -0.4 is 15.0 Å². The third kappa shape index (κ3) is 3.60. The Kier molecular flexibility index (Phi) is 4.83. The van der Waals surface area contributed by atoms with Gasteiger partial charge in [0, 0.05) is 12.2 Å². The number of nitrogens with zero attached hydrogens (tertiary/aromatic N) is 1. The van der Waals surface area contributed by atoms with E-state index in [9.17, 15) is 9.59 Å². The summed E-state index contributed by atoms with van der Waals surface area (Å²) in [5, 5.41) is 2.86. The van der Waals surface area contributed by atoms with E-state index in [2.05, 4.69) is 11.9 Å². The van der Waals surface area contributed by atoms with Crippen LogP contribution in [0.3, 0.4) is 0 Å². The average Bonchev–Trinajstić information content (AvgIpc) is 2.92. The van der Waals surface area contributed by atoms with Gasteiger partial charge in [0.15, 0.2) is 0 Å². The van der Waals surface area contributed by atoms with Crippen LogP contribution in [0, 0.1) is 19.3 Å². The van der Waals surface area contributed by atoms with Crippen LogP contribution in [-0.2, 0) is 4.79 Å². The second-order valence-electron chi connectivity index (χ2n) is 7.34. The summed E-state index contributed by atoms with van der Waals surface area (Å²) in [5.41, 5.74) is 1.01. The Hall–Kier alpha value is -3.02. The minimum atomic E-state index is -0.656. The van der Waals surface area contributed by atoms with Crippen LogP contribution in [0.5, 0.6) is 5.75 Å². The van der Waals surface area contributed by atoms with Gasteiger partial charge in [0.25, 0.3) is 5.91 Å². The van der Waals surface area contributed by atoms with Gasteiger partial charge in [0.05, 0.1) is 16.7 Å². The second-order valence-corrected chi connectivity index (χ2v) is 7.34. The van der Waals surface area contributed by atoms with Crippen molar-refractivity contribution in [1.29, 1.82) is 0 Å². The van der Waals surface area contributed by atoms with E-state index in [4.69, 9.17) is 9.15 Å². The monoisotopic (exact) mass is 368 g/mol. The summed E-state index contributed by atoms with van der Waals surface area (Å²) in [6.45, 7) is 11.6. The van der Waals surface area contributed by atoms with E-state index >= 15 is 0 Å². The number of nitrogens with one attached hydrogen (secondary N) is 1. The Morgan fingerprint density at radius 1 is 1.33 bits per heavy atom. The zero-order valence-corrected chi connectivity index (χ0v) is 16.1. The fourth-order valence-electron chi connectivity index (χ4n) is 3.09. The molecule has 2 heterocycles. The molecule has 1 aromatic carbocycles. The fraction of sp³-hybridized carbons (Fsp3) is 0.333. The van der Waals surface area contributed by atoms with Gasteiger partial charge in [-0.3, -0.25) is 9.59 Å². The van der Waals surface area contributed by atoms with Crippen molar-refractivity contribution >= 4 is 23.2 Å². The van der Waals surface area contributed by atoms with Crippen molar-refractivity contribution in [3.05, 3.63) is 54.0 Å². The normalized spacial score (nSPS) is 15.6. The SMILES string of the molecule is C=CCN1C(=O)C(C)(C)COc2ccc(NC(=O)c3cc(C)oc3C)cc21. The lowest BCUT2D eigenvalue weighted by atomic mass is 9.93. The standard InChI is InChI=1S/C21H24N2O4/c1-6-9-23-17-11-15(22-19(24)16-10-13(2)27-14(16)3)7-8-18(17)26-12-21(4,5)20(23)25/h6-8,10-11H,1,9,12H2,2-5H3,(H,22,24). The molecule has 0 aliphatic carbocycles. The van der Waals surface area contributed by atoms with E-state index in [1.807, 2.05) is 13.8 Å². The molecule has 0 fully saturated rings. The number of benzene rings is 1. The zero-order valence-electron chi connectivity index (χ0n) is 16.1. The molecule has 2 amide bonds. The summed E-state index contributed by atoms with van der Waals surface area (Å²) in [4.78, 5) is 27.1. The molecular formula is C21H24N2O4. The zero-order chi connectivity index (χ0) is 19.8. The van der Waals surface area contributed by atoms with Crippen molar-refractivity contribution in [3.63, 3.8) is 0 Å². The van der Waals surface area contributed by atoms with Gasteiger partial charge in [-0.15, -0.1) is 6.58 Å². The minimum absolute atomic E-state index is 0.0501. The van der Waals surface area contributed by atoms with E-state index in [1.165, 1.54) is 0 Å². The van der Waals surface area contributed by atoms with Crippen molar-refractivity contribution in [1.82, 2.24) is 0 Å². The number of ether oxygens (including phenoxy) is 1. The number of hydrogen-bond donors (Lipinski definition) is 1. The molecule has 142 valence electrons. The van der Waals surface area contributed by atoms with E-state index < -0.39 is 5.41 Å². The van der Waals surface area contributed by atoms with Crippen LogP contribution in [0.25, 0.3) is 0 Å². The average molecular weight is 368 g/mol. The molecule has 0 bridgehead atoms. The number of carbonyl (C=O) groups is 2. The van der Waals surface area contributed by atoms with Crippen LogP contribution in [0.4, 0.5) is 11.4 Å². The Balaban J connectivity index is 1.94. The summed E-state index contributed by atoms with van der Waals surface area (Å²) < 4.78 is 11.3. The summed E-state index contributed by atoms with van der Waals surface area (Å²) in [6, 6.07) is 6.97. The van der Waals surface area contributed by atoms with Crippen molar-refractivity contribution in [3.8, 4) is 5.75 Å². The summed E-state index contributed by atoms with van der Waals surface area (Å²) >= 11 is 0. The van der Waals surface area contributed by atoms with Crippen molar-refractivity contribution in [2.45, 2.75) is 27.7 Å². The molecule has 0 saturated heterocycles. The van der Waals surface area contributed by atoms with Gasteiger partial charge >= 0.3 is 0 Å². The predicted molar refractivity (Wildman–Crippen MR) is 104 cm³/mol. The minimum Gasteiger partial charge on any atom is -0.490 e. The Morgan fingerprint density at radius 3 is 2.70 bits per heavy atom. The third-order valence-electron chi connectivity index (χ3n) is 4.52. The number of amides is 2. The molecule has 3 rings (SSSR count). The Bertz CT molecular complexity index is 911. The van der Waals surface area contributed by atoms with Gasteiger partial charge in [-0.2, -0.15) is 0 Å². The highest BCUT2D eigenvalue weighted by Crippen LogP contribution is 2.38. The van der Waals surface area contributed by atoms with Crippen LogP contribution in [0.15, 0.2) is 41.3 Å². The lowest BCUT2D eigenvalue weighted by Gasteiger charge is -2.27. The molecule has 1 aliphatic heterocycles. The second kappa shape index (κ2) is 6.95. The third-order valence-corrected chi connectivity index (χ3v) is 4.52. The maximum Gasteiger partial charge on any atom is 0.259 e. The molecule has 1 aromatic heterocycles. The molecule has 6 heteroatoms. The van der Waals surface area contributed by atoms with Crippen molar-refractivity contribution in [2.24, 2.45) is 5.41 Å². The van der Waals surface area contributed by atoms with Crippen molar-refractivity contribution < 1.29 is 18.7 Å². The molecule has 2 aromatic rings. The molecule has 0 radical (unpaired) electrons. The van der Waals surface area contributed by atoms with Crippen LogP contribution in [0.1, 0.15) is 35.7 Å². The van der Waals surface area contributed by atoms with Gasteiger partial charge in [-0.25, -0.2) is 0 Å². The number of fused-ring (bicyclic) bond motifs is 1. The molecule has 27 heavy (non-hydrogen) atoms. The number of aryl methyl sites for hydroxylation is 2. The highest BCUT2D eigenvalue weighted by Gasteiger charge is 2.37. The molecule has 1 N–H and O–H groups in total. The lowest BCUT2D eigenvalue weighted by Crippen LogP contribution is -2.42. The quantitative estimate of drug-likeness (QED) is 0.825. The fourth-order valence-corrected chi connectivity index (χ4v) is 3.09. The number of hydrogen-bond acceptors (Lipinski definition) is 4. The Labute approximate surface area is 158 Å². The van der Waals surface area contributed by atoms with E-state index in [0.717, 1.165) is 0 Å². The van der Waals surface area contributed by atoms with E-state index in [-0.39, 0.29) is 18.4 Å². The Morgan fingerprint density at radius 2 is 2.07 bits per heavy atom. The molecular weight excluding hydrogens is 344 g/mol. The number of carbonyl (C=O) groups excluding carboxylic acids is 2. The number of rotatable bonds is 4. The lowest BCUT2D eigenvalue weighted by molar-refractivity contribution is -0.127. The largest absolute Gasteiger partial charge is 0.490 e. The summed E-state index contributed by atoms with van der Waals surface area (Å²) in [6.07, 6.45) is 1.67. The first kappa shape index (κ1) is 18.8. The highest BCUT2D eigenvalue weighted by molar-refractivity contribution is 6.06. The predicted octanol–water partition coefficient (Wildman–Crippen LogP) is 4.09. The van der Waals surface area contributed by atoms with Gasteiger partial charge in [-0.1, -0.05) is 6.08 Å². The van der Waals surface area contributed by atoms with Crippen LogP contribution in [-0.4, -0.2) is 25.0 Å². The summed E-state index contributed by atoms with van der Waals surface area (Å²) in [5.74, 6) is 1.53. The number of furan rings is 1. The smallest absolute Gasteiger partial charge is 0.259 e. The van der Waals surface area contributed by atoms with Gasteiger partial charge in [0.2, 0.25) is 5.91 Å². The van der Waals surface area contributed by atoms with Gasteiger partial charge in [0.1, 0.15) is 23.9 Å². The number of anilines is 2. The van der Waals surface area contributed by atoms with Crippen molar-refractivity contribution in [2.75, 3.05) is 23.4 Å². The molecule has 0 unspecified atom stereocenters. The molecule has 0 spiro atoms. The highest BCUT2D eigenvalue weighted by atomic mass is 16.5. The maximum atomic E-state index is 12.9. The topological polar surface area (TPSA) is 71.8 Å². The maximum absolute atomic E-state index is 12.9. The van der Waals surface area contributed by atoms with Gasteiger partial charge in [-0.05, 0) is 52.0 Å². The summed E-state index contributed by atoms with van der Waals surface area (Å²) in [7, 11) is 0. The molecule has 6 nitrogen and oxygen atoms in total. The van der Waals surface area contributed by atoms with E-state index in [0.29, 0.717) is 40.8 Å². The first-order chi connectivity index (χ1) is 12.7. The first-order valence-electron chi connectivity index (χ1n) is 8.81. The van der Waals surface area contributed by atoms with Crippen LogP contribution in [0.2, 0.25) is 0 Å². The molecule has 1 aliphatic rings. The molecule has 0 atom stereocenters. The molecule has 0 saturated carbocycles. The van der Waals surface area contributed by atoms with Gasteiger partial charge < -0.3 is 19.4 Å².